The molecule has 0 saturated heterocycles. The van der Waals surface area contributed by atoms with Crippen LogP contribution in [0, 0.1) is 6.92 Å². The van der Waals surface area contributed by atoms with E-state index in [1.165, 1.54) is 21.3 Å². The van der Waals surface area contributed by atoms with E-state index in [-0.39, 0.29) is 0 Å². The fourth-order valence-electron chi connectivity index (χ4n) is 3.94. The van der Waals surface area contributed by atoms with Gasteiger partial charge in [0.1, 0.15) is 6.04 Å². The first-order valence-corrected chi connectivity index (χ1v) is 9.99. The van der Waals surface area contributed by atoms with Gasteiger partial charge in [-0.25, -0.2) is 4.68 Å². The van der Waals surface area contributed by atoms with Crippen molar-refractivity contribution in [2.75, 3.05) is 26.6 Å². The second kappa shape index (κ2) is 8.26. The lowest BCUT2D eigenvalue weighted by Gasteiger charge is -2.28. The standard InChI is InChI=1S/C23H25N5O4/c1-12-7-6-8-14(9-12)22-26-23-25-13(2)18(21(24)29)19(28(23)27-22)15-10-16(30-3)20(32-5)17(11-15)31-4/h6-11,19H,1-5H3,(H2,24,29)(H,25,26,27)/t19-/m1/s1. The summed E-state index contributed by atoms with van der Waals surface area (Å²) in [6.45, 7) is 3.79. The van der Waals surface area contributed by atoms with Crippen LogP contribution in [0.2, 0.25) is 0 Å². The summed E-state index contributed by atoms with van der Waals surface area (Å²) in [5.74, 6) is 1.85. The number of nitrogens with one attached hydrogen (secondary N) is 1. The third-order valence-electron chi connectivity index (χ3n) is 5.40. The summed E-state index contributed by atoms with van der Waals surface area (Å²) in [6, 6.07) is 10.8. The predicted molar refractivity (Wildman–Crippen MR) is 120 cm³/mol. The highest BCUT2D eigenvalue weighted by Crippen LogP contribution is 2.43. The molecule has 4 rings (SSSR count). The molecule has 0 spiro atoms. The molecule has 3 N–H and O–H groups in total. The van der Waals surface area contributed by atoms with Crippen LogP contribution < -0.4 is 25.3 Å². The van der Waals surface area contributed by atoms with Gasteiger partial charge in [-0.1, -0.05) is 23.8 Å². The molecular formula is C23H25N5O4. The summed E-state index contributed by atoms with van der Waals surface area (Å²) >= 11 is 0. The number of allylic oxidation sites excluding steroid dienone is 1. The van der Waals surface area contributed by atoms with Gasteiger partial charge < -0.3 is 25.3 Å². The zero-order valence-corrected chi connectivity index (χ0v) is 18.6. The van der Waals surface area contributed by atoms with Crippen molar-refractivity contribution in [3.8, 4) is 28.6 Å². The quantitative estimate of drug-likeness (QED) is 0.612. The third-order valence-corrected chi connectivity index (χ3v) is 5.40. The summed E-state index contributed by atoms with van der Waals surface area (Å²) in [7, 11) is 4.61. The van der Waals surface area contributed by atoms with Crippen molar-refractivity contribution in [1.29, 1.82) is 0 Å². The van der Waals surface area contributed by atoms with E-state index < -0.39 is 11.9 Å². The maximum atomic E-state index is 12.5. The summed E-state index contributed by atoms with van der Waals surface area (Å²) in [5.41, 5.74) is 9.42. The number of fused-ring (bicyclic) bond motifs is 1. The van der Waals surface area contributed by atoms with Crippen LogP contribution in [-0.4, -0.2) is 42.0 Å². The number of hydrogen-bond acceptors (Lipinski definition) is 7. The Kier molecular flexibility index (Phi) is 5.48. The van der Waals surface area contributed by atoms with Gasteiger partial charge in [-0.15, -0.1) is 5.10 Å². The van der Waals surface area contributed by atoms with Crippen molar-refractivity contribution < 1.29 is 19.0 Å². The van der Waals surface area contributed by atoms with E-state index in [0.717, 1.165) is 11.1 Å². The average Bonchev–Trinajstić information content (AvgIpc) is 3.20. The molecule has 1 amide bonds. The number of anilines is 1. The molecule has 3 aromatic rings. The molecule has 1 aliphatic heterocycles. The summed E-state index contributed by atoms with van der Waals surface area (Å²) in [4.78, 5) is 17.2. The molecule has 9 heteroatoms. The van der Waals surface area contributed by atoms with Crippen molar-refractivity contribution in [1.82, 2.24) is 14.8 Å². The number of carbonyl (C=O) groups excluding carboxylic acids is 1. The molecule has 166 valence electrons. The van der Waals surface area contributed by atoms with E-state index in [1.807, 2.05) is 31.2 Å². The third kappa shape index (κ3) is 3.51. The van der Waals surface area contributed by atoms with E-state index in [4.69, 9.17) is 25.0 Å². The van der Waals surface area contributed by atoms with E-state index in [1.54, 1.807) is 23.7 Å². The number of amides is 1. The van der Waals surface area contributed by atoms with Gasteiger partial charge in [-0.2, -0.15) is 4.98 Å². The first-order chi connectivity index (χ1) is 15.4. The van der Waals surface area contributed by atoms with Gasteiger partial charge in [0.2, 0.25) is 17.6 Å². The van der Waals surface area contributed by atoms with Gasteiger partial charge in [0.25, 0.3) is 0 Å². The van der Waals surface area contributed by atoms with Crippen LogP contribution in [0.25, 0.3) is 11.4 Å². The maximum Gasteiger partial charge on any atom is 0.248 e. The number of hydrogen-bond donors (Lipinski definition) is 2. The Morgan fingerprint density at radius 1 is 1.06 bits per heavy atom. The summed E-state index contributed by atoms with van der Waals surface area (Å²) in [5, 5.41) is 7.89. The smallest absolute Gasteiger partial charge is 0.248 e. The topological polar surface area (TPSA) is 114 Å². The molecular weight excluding hydrogens is 410 g/mol. The van der Waals surface area contributed by atoms with E-state index >= 15 is 0 Å². The largest absolute Gasteiger partial charge is 0.493 e. The highest BCUT2D eigenvalue weighted by molar-refractivity contribution is 5.95. The minimum absolute atomic E-state index is 0.368. The molecule has 2 aromatic carbocycles. The molecule has 2 heterocycles. The van der Waals surface area contributed by atoms with Crippen molar-refractivity contribution >= 4 is 11.9 Å². The fourth-order valence-corrected chi connectivity index (χ4v) is 3.94. The van der Waals surface area contributed by atoms with Crippen molar-refractivity contribution in [3.63, 3.8) is 0 Å². The number of nitrogens with zero attached hydrogens (tertiary/aromatic N) is 3. The molecule has 0 fully saturated rings. The first kappa shape index (κ1) is 21.2. The first-order valence-electron chi connectivity index (χ1n) is 9.99. The second-order valence-corrected chi connectivity index (χ2v) is 7.46. The number of ether oxygens (including phenoxy) is 3. The number of carbonyl (C=O) groups is 1. The SMILES string of the molecule is COc1cc([C@@H]2C(C(N)=O)=C(C)Nc3nc(-c4cccc(C)c4)nn32)cc(OC)c1OC. The molecule has 1 aliphatic rings. The van der Waals surface area contributed by atoms with Crippen molar-refractivity contribution in [2.24, 2.45) is 5.73 Å². The van der Waals surface area contributed by atoms with Crippen LogP contribution in [0.15, 0.2) is 47.7 Å². The second-order valence-electron chi connectivity index (χ2n) is 7.46. The van der Waals surface area contributed by atoms with E-state index in [2.05, 4.69) is 10.3 Å². The van der Waals surface area contributed by atoms with Crippen LogP contribution in [-0.2, 0) is 4.79 Å². The highest BCUT2D eigenvalue weighted by Gasteiger charge is 2.34. The van der Waals surface area contributed by atoms with Crippen LogP contribution in [0.3, 0.4) is 0 Å². The zero-order valence-electron chi connectivity index (χ0n) is 18.6. The number of aryl methyl sites for hydroxylation is 1. The number of nitrogens with two attached hydrogens (primary N) is 1. The summed E-state index contributed by atoms with van der Waals surface area (Å²) in [6.07, 6.45) is 0. The normalized spacial score (nSPS) is 15.1. The lowest BCUT2D eigenvalue weighted by Crippen LogP contribution is -2.31. The molecule has 1 atom stereocenters. The lowest BCUT2D eigenvalue weighted by atomic mass is 9.94. The van der Waals surface area contributed by atoms with Gasteiger partial charge in [0, 0.05) is 11.3 Å². The lowest BCUT2D eigenvalue weighted by molar-refractivity contribution is -0.115. The molecule has 0 saturated carbocycles. The van der Waals surface area contributed by atoms with Gasteiger partial charge in [0.05, 0.1) is 26.9 Å². The highest BCUT2D eigenvalue weighted by atomic mass is 16.5. The minimum Gasteiger partial charge on any atom is -0.493 e. The van der Waals surface area contributed by atoms with Crippen LogP contribution in [0.4, 0.5) is 5.95 Å². The average molecular weight is 435 g/mol. The minimum atomic E-state index is -0.636. The molecule has 9 nitrogen and oxygen atoms in total. The number of primary amides is 1. The Morgan fingerprint density at radius 3 is 2.31 bits per heavy atom. The van der Waals surface area contributed by atoms with Gasteiger partial charge in [-0.05, 0) is 37.6 Å². The van der Waals surface area contributed by atoms with Crippen LogP contribution >= 0.6 is 0 Å². The Bertz CT molecular complexity index is 1210. The number of benzene rings is 2. The zero-order chi connectivity index (χ0) is 23.0. The number of rotatable bonds is 6. The maximum absolute atomic E-state index is 12.5. The molecule has 0 unspecified atom stereocenters. The van der Waals surface area contributed by atoms with Gasteiger partial charge in [-0.3, -0.25) is 4.79 Å². The summed E-state index contributed by atoms with van der Waals surface area (Å²) < 4.78 is 18.1. The van der Waals surface area contributed by atoms with Crippen LogP contribution in [0.5, 0.6) is 17.2 Å². The molecule has 0 bridgehead atoms. The van der Waals surface area contributed by atoms with Gasteiger partial charge in [0.15, 0.2) is 17.3 Å². The molecule has 0 radical (unpaired) electrons. The Labute approximate surface area is 185 Å². The Morgan fingerprint density at radius 2 is 1.75 bits per heavy atom. The number of methoxy groups -OCH3 is 3. The molecule has 1 aromatic heterocycles. The fraction of sp³-hybridized carbons (Fsp3) is 0.261. The van der Waals surface area contributed by atoms with Crippen molar-refractivity contribution in [3.05, 3.63) is 58.8 Å². The van der Waals surface area contributed by atoms with E-state index in [9.17, 15) is 4.79 Å². The van der Waals surface area contributed by atoms with Gasteiger partial charge >= 0.3 is 0 Å². The molecule has 32 heavy (non-hydrogen) atoms. The van der Waals surface area contributed by atoms with E-state index in [0.29, 0.717) is 45.9 Å². The van der Waals surface area contributed by atoms with Crippen LogP contribution in [0.1, 0.15) is 24.1 Å². The van der Waals surface area contributed by atoms with Crippen molar-refractivity contribution in [2.45, 2.75) is 19.9 Å². The molecule has 0 aliphatic carbocycles. The predicted octanol–water partition coefficient (Wildman–Crippen LogP) is 3.05. The number of aromatic nitrogens is 3. The monoisotopic (exact) mass is 435 g/mol. The Balaban J connectivity index is 1.93. The Hall–Kier alpha value is -4.01.